The minimum Gasteiger partial charge on any atom is -0.198 e. The zero-order valence-electron chi connectivity index (χ0n) is 10.9. The lowest BCUT2D eigenvalue weighted by atomic mass is 9.73. The molecule has 0 aliphatic heterocycles. The standard InChI is InChI=1S/C15H24N2/c16-13-11-15(12-14-17)9-7-5-3-1-2-4-6-8-10-15/h1-12H2. The van der Waals surface area contributed by atoms with Crippen molar-refractivity contribution in [3.63, 3.8) is 0 Å². The molecule has 0 N–H and O–H groups in total. The van der Waals surface area contributed by atoms with E-state index in [1.165, 1.54) is 51.4 Å². The lowest BCUT2D eigenvalue weighted by Crippen LogP contribution is -2.20. The van der Waals surface area contributed by atoms with E-state index >= 15 is 0 Å². The van der Waals surface area contributed by atoms with Crippen molar-refractivity contribution in [1.29, 1.82) is 10.5 Å². The van der Waals surface area contributed by atoms with Crippen LogP contribution in [0.5, 0.6) is 0 Å². The molecule has 0 aromatic rings. The van der Waals surface area contributed by atoms with Crippen LogP contribution in [0, 0.1) is 28.1 Å². The van der Waals surface area contributed by atoms with Gasteiger partial charge in [0.05, 0.1) is 12.1 Å². The number of nitrogens with zero attached hydrogens (tertiary/aromatic N) is 2. The van der Waals surface area contributed by atoms with E-state index in [-0.39, 0.29) is 5.41 Å². The summed E-state index contributed by atoms with van der Waals surface area (Å²) in [6, 6.07) is 4.62. The van der Waals surface area contributed by atoms with Crippen LogP contribution in [0.25, 0.3) is 0 Å². The third-order valence-corrected chi connectivity index (χ3v) is 4.07. The molecule has 0 aromatic carbocycles. The van der Waals surface area contributed by atoms with Gasteiger partial charge in [-0.25, -0.2) is 0 Å². The monoisotopic (exact) mass is 232 g/mol. The maximum absolute atomic E-state index is 8.99. The molecule has 0 unspecified atom stereocenters. The quantitative estimate of drug-likeness (QED) is 0.692. The summed E-state index contributed by atoms with van der Waals surface area (Å²) in [4.78, 5) is 0. The molecular weight excluding hydrogens is 208 g/mol. The van der Waals surface area contributed by atoms with Gasteiger partial charge in [0.25, 0.3) is 0 Å². The van der Waals surface area contributed by atoms with Gasteiger partial charge in [-0.3, -0.25) is 0 Å². The largest absolute Gasteiger partial charge is 0.198 e. The molecule has 1 fully saturated rings. The second-order valence-corrected chi connectivity index (χ2v) is 5.50. The Morgan fingerprint density at radius 3 is 1.35 bits per heavy atom. The van der Waals surface area contributed by atoms with E-state index in [1.54, 1.807) is 0 Å². The van der Waals surface area contributed by atoms with E-state index in [0.717, 1.165) is 12.8 Å². The summed E-state index contributed by atoms with van der Waals surface area (Å²) >= 11 is 0. The van der Waals surface area contributed by atoms with Crippen LogP contribution >= 0.6 is 0 Å². The molecule has 17 heavy (non-hydrogen) atoms. The third kappa shape index (κ3) is 5.22. The molecule has 2 nitrogen and oxygen atoms in total. The van der Waals surface area contributed by atoms with Gasteiger partial charge in [0.2, 0.25) is 0 Å². The molecular formula is C15H24N2. The average Bonchev–Trinajstić information content (AvgIpc) is 2.36. The van der Waals surface area contributed by atoms with Crippen molar-refractivity contribution >= 4 is 0 Å². The van der Waals surface area contributed by atoms with E-state index in [9.17, 15) is 0 Å². The molecule has 0 amide bonds. The SMILES string of the molecule is N#CCC1(CC#N)CCCCCCCCCC1. The van der Waals surface area contributed by atoms with Crippen LogP contribution in [0.3, 0.4) is 0 Å². The van der Waals surface area contributed by atoms with Crippen LogP contribution in [-0.2, 0) is 0 Å². The zero-order chi connectivity index (χ0) is 12.4. The van der Waals surface area contributed by atoms with E-state index in [2.05, 4.69) is 12.1 Å². The predicted molar refractivity (Wildman–Crippen MR) is 69.1 cm³/mol. The van der Waals surface area contributed by atoms with E-state index < -0.39 is 0 Å². The first-order valence-corrected chi connectivity index (χ1v) is 7.07. The number of rotatable bonds is 2. The highest BCUT2D eigenvalue weighted by atomic mass is 14.4. The molecule has 0 saturated heterocycles. The summed E-state index contributed by atoms with van der Waals surface area (Å²) in [5.74, 6) is 0. The Hall–Kier alpha value is -1.02. The molecule has 0 radical (unpaired) electrons. The fourth-order valence-electron chi connectivity index (χ4n) is 2.94. The first kappa shape index (κ1) is 14.0. The summed E-state index contributed by atoms with van der Waals surface area (Å²) in [7, 11) is 0. The molecule has 94 valence electrons. The van der Waals surface area contributed by atoms with Crippen molar-refractivity contribution in [3.8, 4) is 12.1 Å². The predicted octanol–water partition coefficient (Wildman–Crippen LogP) is 4.71. The Balaban J connectivity index is 2.60. The number of hydrogen-bond acceptors (Lipinski definition) is 2. The van der Waals surface area contributed by atoms with Crippen molar-refractivity contribution < 1.29 is 0 Å². The molecule has 1 aliphatic rings. The highest BCUT2D eigenvalue weighted by Crippen LogP contribution is 2.38. The molecule has 0 spiro atoms. The first-order chi connectivity index (χ1) is 8.33. The van der Waals surface area contributed by atoms with E-state index in [1.807, 2.05) is 0 Å². The molecule has 0 bridgehead atoms. The summed E-state index contributed by atoms with van der Waals surface area (Å²) in [5.41, 5.74) is 0.00778. The van der Waals surface area contributed by atoms with Gasteiger partial charge in [-0.2, -0.15) is 10.5 Å². The minimum atomic E-state index is 0.00778. The van der Waals surface area contributed by atoms with Gasteiger partial charge in [0.15, 0.2) is 0 Å². The van der Waals surface area contributed by atoms with Crippen molar-refractivity contribution in [3.05, 3.63) is 0 Å². The molecule has 1 aliphatic carbocycles. The van der Waals surface area contributed by atoms with E-state index in [0.29, 0.717) is 12.8 Å². The average molecular weight is 232 g/mol. The summed E-state index contributed by atoms with van der Waals surface area (Å²) < 4.78 is 0. The second kappa shape index (κ2) is 8.13. The Bertz CT molecular complexity index is 252. The maximum Gasteiger partial charge on any atom is 0.0627 e. The maximum atomic E-state index is 8.99. The number of nitriles is 2. The fraction of sp³-hybridized carbons (Fsp3) is 0.867. The lowest BCUT2D eigenvalue weighted by molar-refractivity contribution is 0.235. The van der Waals surface area contributed by atoms with Crippen LogP contribution in [0.15, 0.2) is 0 Å². The fourth-order valence-corrected chi connectivity index (χ4v) is 2.94. The molecule has 1 saturated carbocycles. The normalized spacial score (nSPS) is 21.8. The van der Waals surface area contributed by atoms with Gasteiger partial charge >= 0.3 is 0 Å². The third-order valence-electron chi connectivity index (χ3n) is 4.07. The van der Waals surface area contributed by atoms with Crippen molar-refractivity contribution in [2.24, 2.45) is 5.41 Å². The molecule has 2 heteroatoms. The van der Waals surface area contributed by atoms with Gasteiger partial charge < -0.3 is 0 Å². The Kier molecular flexibility index (Phi) is 6.71. The van der Waals surface area contributed by atoms with Gasteiger partial charge in [-0.15, -0.1) is 0 Å². The highest BCUT2D eigenvalue weighted by Gasteiger charge is 2.29. The zero-order valence-corrected chi connectivity index (χ0v) is 10.9. The Morgan fingerprint density at radius 1 is 0.647 bits per heavy atom. The van der Waals surface area contributed by atoms with Crippen LogP contribution in [0.2, 0.25) is 0 Å². The summed E-state index contributed by atoms with van der Waals surface area (Å²) in [5, 5.41) is 18.0. The topological polar surface area (TPSA) is 47.6 Å². The van der Waals surface area contributed by atoms with Gasteiger partial charge in [-0.1, -0.05) is 51.4 Å². The highest BCUT2D eigenvalue weighted by molar-refractivity contribution is 4.94. The van der Waals surface area contributed by atoms with Crippen molar-refractivity contribution in [2.75, 3.05) is 0 Å². The Morgan fingerprint density at radius 2 is 1.00 bits per heavy atom. The van der Waals surface area contributed by atoms with Crippen LogP contribution in [0.1, 0.15) is 77.0 Å². The molecule has 0 atom stereocenters. The van der Waals surface area contributed by atoms with Gasteiger partial charge in [-0.05, 0) is 18.3 Å². The van der Waals surface area contributed by atoms with Gasteiger partial charge in [0, 0.05) is 12.8 Å². The van der Waals surface area contributed by atoms with Crippen molar-refractivity contribution in [1.82, 2.24) is 0 Å². The van der Waals surface area contributed by atoms with Crippen molar-refractivity contribution in [2.45, 2.75) is 77.0 Å². The van der Waals surface area contributed by atoms with Gasteiger partial charge in [0.1, 0.15) is 0 Å². The van der Waals surface area contributed by atoms with Crippen LogP contribution in [-0.4, -0.2) is 0 Å². The summed E-state index contributed by atoms with van der Waals surface area (Å²) in [6.45, 7) is 0. The first-order valence-electron chi connectivity index (χ1n) is 7.07. The lowest BCUT2D eigenvalue weighted by Gasteiger charge is -2.29. The van der Waals surface area contributed by atoms with E-state index in [4.69, 9.17) is 10.5 Å². The smallest absolute Gasteiger partial charge is 0.0627 e. The number of hydrogen-bond donors (Lipinski definition) is 0. The molecule has 0 aromatic heterocycles. The Labute approximate surface area is 106 Å². The molecule has 1 rings (SSSR count). The summed E-state index contributed by atoms with van der Waals surface area (Å²) in [6.07, 6.45) is 13.6. The van der Waals surface area contributed by atoms with Crippen LogP contribution in [0.4, 0.5) is 0 Å². The minimum absolute atomic E-state index is 0.00778. The second-order valence-electron chi connectivity index (χ2n) is 5.50. The molecule has 0 heterocycles. The van der Waals surface area contributed by atoms with Crippen LogP contribution < -0.4 is 0 Å².